The van der Waals surface area contributed by atoms with Crippen LogP contribution in [0.3, 0.4) is 0 Å². The van der Waals surface area contributed by atoms with E-state index in [0.717, 1.165) is 16.7 Å². The number of hydrogen-bond donors (Lipinski definition) is 6. The van der Waals surface area contributed by atoms with Crippen LogP contribution in [-0.2, 0) is 39.9 Å². The number of methoxy groups -OCH3 is 1. The summed E-state index contributed by atoms with van der Waals surface area (Å²) in [6, 6.07) is 32.3. The molecule has 5 N–H and O–H groups in total. The number of nitrogens with zero attached hydrogens (tertiary/aromatic N) is 1. The zero-order valence-corrected chi connectivity index (χ0v) is 33.9. The number of thiol groups is 1. The van der Waals surface area contributed by atoms with E-state index in [4.69, 9.17) is 0 Å². The molecule has 1 heterocycles. The predicted octanol–water partition coefficient (Wildman–Crippen LogP) is 3.88. The number of hydrogen-bond acceptors (Lipinski definition) is 10. The fourth-order valence-corrected chi connectivity index (χ4v) is 8.22. The Morgan fingerprint density at radius 1 is 0.845 bits per heavy atom. The lowest BCUT2D eigenvalue weighted by Crippen LogP contribution is -2.58. The molecular weight excluding hydrogens is 775 g/mol. The highest BCUT2D eigenvalue weighted by Gasteiger charge is 2.52. The highest BCUT2D eigenvalue weighted by molar-refractivity contribution is 8.00. The number of thioether (sulfide) groups is 1. The minimum Gasteiger partial charge on any atom is -0.468 e. The van der Waals surface area contributed by atoms with Crippen LogP contribution in [0.1, 0.15) is 47.9 Å². The lowest BCUT2D eigenvalue weighted by atomic mass is 9.84. The van der Waals surface area contributed by atoms with Gasteiger partial charge in [0.05, 0.1) is 24.4 Å². The molecule has 58 heavy (non-hydrogen) atoms. The summed E-state index contributed by atoms with van der Waals surface area (Å²) in [5.41, 5.74) is 2.94. The maximum Gasteiger partial charge on any atom is 0.325 e. The van der Waals surface area contributed by atoms with E-state index < -0.39 is 58.1 Å². The van der Waals surface area contributed by atoms with Gasteiger partial charge < -0.3 is 31.1 Å². The van der Waals surface area contributed by atoms with Gasteiger partial charge in [0.25, 0.3) is 0 Å². The minimum absolute atomic E-state index is 0.0794. The molecule has 1 aliphatic rings. The Morgan fingerprint density at radius 3 is 1.93 bits per heavy atom. The van der Waals surface area contributed by atoms with E-state index in [1.807, 2.05) is 60.7 Å². The second-order valence-electron chi connectivity index (χ2n) is 13.9. The number of allylic oxidation sites excluding steroid dienone is 1. The number of carbonyl (C=O) groups excluding carboxylic acids is 5. The lowest BCUT2D eigenvalue weighted by Gasteiger charge is -2.35. The molecule has 0 aliphatic heterocycles. The third kappa shape index (κ3) is 11.8. The maximum atomic E-state index is 13.6. The number of aliphatic hydroxyl groups is 1. The predicted molar refractivity (Wildman–Crippen MR) is 227 cm³/mol. The summed E-state index contributed by atoms with van der Waals surface area (Å²) >= 11 is 6.05. The zero-order valence-electron chi connectivity index (χ0n) is 32.2. The minimum atomic E-state index is -1.21. The Hall–Kier alpha value is -5.44. The van der Waals surface area contributed by atoms with E-state index >= 15 is 0 Å². The first kappa shape index (κ1) is 43.7. The van der Waals surface area contributed by atoms with Gasteiger partial charge in [0.15, 0.2) is 0 Å². The van der Waals surface area contributed by atoms with Gasteiger partial charge in [-0.05, 0) is 59.4 Å². The molecule has 0 unspecified atom stereocenters. The number of aliphatic hydroxyl groups excluding tert-OH is 1. The van der Waals surface area contributed by atoms with Crippen LogP contribution < -0.4 is 21.3 Å². The van der Waals surface area contributed by atoms with Gasteiger partial charge >= 0.3 is 5.97 Å². The maximum absolute atomic E-state index is 13.6. The second-order valence-corrected chi connectivity index (χ2v) is 15.5. The van der Waals surface area contributed by atoms with Crippen molar-refractivity contribution in [1.29, 1.82) is 0 Å². The molecule has 4 amide bonds. The van der Waals surface area contributed by atoms with Gasteiger partial charge in [-0.3, -0.25) is 29.0 Å². The van der Waals surface area contributed by atoms with Crippen molar-refractivity contribution in [1.82, 2.24) is 26.3 Å². The molecule has 3 aromatic carbocycles. The molecule has 1 saturated carbocycles. The Bertz CT molecular complexity index is 1910. The van der Waals surface area contributed by atoms with E-state index in [0.29, 0.717) is 30.6 Å². The molecule has 1 fully saturated rings. The van der Waals surface area contributed by atoms with E-state index in [1.54, 1.807) is 42.4 Å². The van der Waals surface area contributed by atoms with Crippen molar-refractivity contribution in [3.63, 3.8) is 0 Å². The largest absolute Gasteiger partial charge is 0.468 e. The highest BCUT2D eigenvalue weighted by atomic mass is 32.2. The SMILES string of the molecule is COC(=O)CNC(=O)C1(NC(=O)[C@@H](CS)NC(=O)[C@@H](Cc2ccncc2)NC(=O)C[C@H](O)/C=C/CCSC(c2ccccc2)(c2ccccc2)c2ccccc2)CC1. The molecule has 1 aromatic heterocycles. The van der Waals surface area contributed by atoms with Gasteiger partial charge in [-0.2, -0.15) is 12.6 Å². The fraction of sp³-hybridized carbons (Fsp3) is 0.318. The van der Waals surface area contributed by atoms with Gasteiger partial charge in [0, 0.05) is 24.6 Å². The molecule has 0 radical (unpaired) electrons. The zero-order chi connectivity index (χ0) is 41.4. The van der Waals surface area contributed by atoms with Gasteiger partial charge in [-0.15, -0.1) is 11.8 Å². The van der Waals surface area contributed by atoms with Crippen molar-refractivity contribution in [3.05, 3.63) is 150 Å². The standard InChI is InChI=1S/C44H49N5O7S2/c1-56-39(52)29-46-42(55)43(22-23-43)49-41(54)37(30-57)48-40(53)36(27-31-20-24-45-25-21-31)47-38(51)28-35(50)19-11-12-26-58-44(32-13-5-2-6-14-32,33-15-7-3-8-16-33)34-17-9-4-10-18-34/h2-11,13-21,24-25,35-37,50,57H,12,22-23,26-30H2,1H3,(H,46,55)(H,47,51)(H,48,53)(H,49,54)/b19-11+/t35-,36-,37-/m1/s1. The summed E-state index contributed by atoms with van der Waals surface area (Å²) < 4.78 is 4.07. The van der Waals surface area contributed by atoms with Crippen LogP contribution in [-0.4, -0.2) is 88.6 Å². The number of pyridine rings is 1. The van der Waals surface area contributed by atoms with Crippen molar-refractivity contribution < 1.29 is 33.8 Å². The van der Waals surface area contributed by atoms with Crippen LogP contribution in [0, 0.1) is 0 Å². The quantitative estimate of drug-likeness (QED) is 0.0240. The summed E-state index contributed by atoms with van der Waals surface area (Å²) in [6.07, 6.45) is 6.55. The number of amides is 4. The van der Waals surface area contributed by atoms with E-state index in [9.17, 15) is 29.1 Å². The number of rotatable bonds is 21. The molecule has 3 atom stereocenters. The van der Waals surface area contributed by atoms with Crippen LogP contribution in [0.25, 0.3) is 0 Å². The van der Waals surface area contributed by atoms with Crippen molar-refractivity contribution in [2.24, 2.45) is 0 Å². The summed E-state index contributed by atoms with van der Waals surface area (Å²) in [7, 11) is 1.20. The average molecular weight is 824 g/mol. The van der Waals surface area contributed by atoms with Crippen molar-refractivity contribution in [2.75, 3.05) is 25.2 Å². The summed E-state index contributed by atoms with van der Waals surface area (Å²) in [6.45, 7) is -0.349. The van der Waals surface area contributed by atoms with Crippen LogP contribution in [0.15, 0.2) is 128 Å². The third-order valence-corrected chi connectivity index (χ3v) is 11.7. The van der Waals surface area contributed by atoms with E-state index in [2.05, 4.69) is 80.0 Å². The number of ether oxygens (including phenoxy) is 1. The summed E-state index contributed by atoms with van der Waals surface area (Å²) in [4.78, 5) is 68.4. The van der Waals surface area contributed by atoms with Crippen molar-refractivity contribution in [2.45, 2.75) is 60.6 Å². The second kappa shape index (κ2) is 21.4. The molecule has 14 heteroatoms. The van der Waals surface area contributed by atoms with Gasteiger partial charge in [-0.25, -0.2) is 0 Å². The van der Waals surface area contributed by atoms with Crippen LogP contribution in [0.5, 0.6) is 0 Å². The lowest BCUT2D eigenvalue weighted by molar-refractivity contribution is -0.141. The number of aromatic nitrogens is 1. The summed E-state index contributed by atoms with van der Waals surface area (Å²) in [5, 5.41) is 21.4. The first-order valence-electron chi connectivity index (χ1n) is 19.0. The first-order chi connectivity index (χ1) is 28.1. The Morgan fingerprint density at radius 2 is 1.41 bits per heavy atom. The van der Waals surface area contributed by atoms with Gasteiger partial charge in [0.2, 0.25) is 23.6 Å². The van der Waals surface area contributed by atoms with Crippen molar-refractivity contribution in [3.8, 4) is 0 Å². The van der Waals surface area contributed by atoms with Gasteiger partial charge in [-0.1, -0.05) is 103 Å². The Labute approximate surface area is 348 Å². The average Bonchev–Trinajstić information content (AvgIpc) is 4.04. The highest BCUT2D eigenvalue weighted by Crippen LogP contribution is 2.48. The Kier molecular flexibility index (Phi) is 16.1. The first-order valence-corrected chi connectivity index (χ1v) is 20.6. The molecule has 0 spiro atoms. The fourth-order valence-electron chi connectivity index (χ4n) is 6.49. The molecule has 304 valence electrons. The smallest absolute Gasteiger partial charge is 0.325 e. The molecule has 4 aromatic rings. The monoisotopic (exact) mass is 823 g/mol. The van der Waals surface area contributed by atoms with Crippen LogP contribution in [0.4, 0.5) is 0 Å². The normalized spacial score (nSPS) is 14.7. The molecule has 0 saturated heterocycles. The third-order valence-electron chi connectivity index (χ3n) is 9.72. The molecule has 1 aliphatic carbocycles. The Balaban J connectivity index is 1.19. The van der Waals surface area contributed by atoms with E-state index in [1.165, 1.54) is 7.11 Å². The van der Waals surface area contributed by atoms with Crippen LogP contribution in [0.2, 0.25) is 0 Å². The number of esters is 1. The molecular formula is C44H49N5O7S2. The molecule has 12 nitrogen and oxygen atoms in total. The van der Waals surface area contributed by atoms with Gasteiger partial charge in [0.1, 0.15) is 24.2 Å². The van der Waals surface area contributed by atoms with Crippen LogP contribution >= 0.6 is 24.4 Å². The van der Waals surface area contributed by atoms with Crippen molar-refractivity contribution >= 4 is 54.0 Å². The molecule has 0 bridgehead atoms. The van der Waals surface area contributed by atoms with E-state index in [-0.39, 0.29) is 25.1 Å². The summed E-state index contributed by atoms with van der Waals surface area (Å²) in [5.74, 6) is -2.42. The number of benzene rings is 3. The number of nitrogens with one attached hydrogen (secondary N) is 4. The molecule has 5 rings (SSSR count). The number of carbonyl (C=O) groups is 5. The topological polar surface area (TPSA) is 176 Å².